The molecule has 4 nitrogen and oxygen atoms in total. The summed E-state index contributed by atoms with van der Waals surface area (Å²) in [5.41, 5.74) is 2.69. The van der Waals surface area contributed by atoms with Gasteiger partial charge in [0.1, 0.15) is 5.65 Å². The number of para-hydroxylation sites is 3. The largest absolute Gasteiger partial charge is 0.494 e. The van der Waals surface area contributed by atoms with Gasteiger partial charge in [0.15, 0.2) is 0 Å². The molecule has 2 aliphatic rings. The first-order valence-corrected chi connectivity index (χ1v) is 13.6. The van der Waals surface area contributed by atoms with Crippen LogP contribution >= 0.6 is 11.8 Å². The Balaban J connectivity index is 1.50. The van der Waals surface area contributed by atoms with Crippen LogP contribution in [0.3, 0.4) is 0 Å². The summed E-state index contributed by atoms with van der Waals surface area (Å²) >= 11 is 1.74. The quantitative estimate of drug-likeness (QED) is 0.222. The number of benzene rings is 4. The lowest BCUT2D eigenvalue weighted by Gasteiger charge is -2.32. The zero-order valence-corrected chi connectivity index (χ0v) is 22.4. The summed E-state index contributed by atoms with van der Waals surface area (Å²) in [6, 6.07) is 22.0. The van der Waals surface area contributed by atoms with Crippen LogP contribution in [0, 0.1) is 0 Å². The van der Waals surface area contributed by atoms with E-state index in [9.17, 15) is 2.74 Å². The predicted molar refractivity (Wildman–Crippen MR) is 157 cm³/mol. The third-order valence-electron chi connectivity index (χ3n) is 8.22. The van der Waals surface area contributed by atoms with Crippen LogP contribution in [0.25, 0.3) is 44.2 Å². The number of hydrogen-bond acceptors (Lipinski definition) is 3. The van der Waals surface area contributed by atoms with Crippen LogP contribution in [-0.2, 0) is 9.31 Å². The van der Waals surface area contributed by atoms with E-state index in [1.807, 2.05) is 62.6 Å². The van der Waals surface area contributed by atoms with Gasteiger partial charge in [0.25, 0.3) is 0 Å². The average Bonchev–Trinajstić information content (AvgIpc) is 3.54. The highest BCUT2D eigenvalue weighted by Crippen LogP contribution is 2.49. The molecule has 0 saturated carbocycles. The first-order valence-electron chi connectivity index (χ1n) is 14.8. The molecule has 0 aliphatic carbocycles. The molecule has 6 aromatic rings. The topological polar surface area (TPSA) is 28.3 Å². The molecule has 1 saturated heterocycles. The number of fused-ring (bicyclic) bond motifs is 7. The third-order valence-corrected chi connectivity index (χ3v) is 9.34. The van der Waals surface area contributed by atoms with E-state index in [1.54, 1.807) is 11.8 Å². The fourth-order valence-corrected chi connectivity index (χ4v) is 6.75. The van der Waals surface area contributed by atoms with Crippen LogP contribution in [0.1, 0.15) is 33.2 Å². The van der Waals surface area contributed by atoms with E-state index in [4.69, 9.17) is 12.1 Å². The molecular formula is C32H27BN2O2S. The van der Waals surface area contributed by atoms with E-state index in [0.717, 1.165) is 48.3 Å². The summed E-state index contributed by atoms with van der Waals surface area (Å²) in [6.07, 6.45) is 0. The van der Waals surface area contributed by atoms with E-state index in [1.165, 1.54) is 0 Å². The van der Waals surface area contributed by atoms with Crippen molar-refractivity contribution in [2.24, 2.45) is 0 Å². The Hall–Kier alpha value is -3.45. The molecule has 0 radical (unpaired) electrons. The van der Waals surface area contributed by atoms with E-state index < -0.39 is 18.3 Å². The second kappa shape index (κ2) is 7.57. The molecule has 0 atom stereocenters. The zero-order chi connectivity index (χ0) is 29.3. The van der Waals surface area contributed by atoms with Gasteiger partial charge in [0, 0.05) is 31.6 Å². The summed E-state index contributed by atoms with van der Waals surface area (Å²) < 4.78 is 53.3. The summed E-state index contributed by atoms with van der Waals surface area (Å²) in [5.74, 6) is 0. The normalized spacial score (nSPS) is 19.0. The molecule has 0 N–H and O–H groups in total. The van der Waals surface area contributed by atoms with Gasteiger partial charge in [-0.3, -0.25) is 9.13 Å². The van der Waals surface area contributed by atoms with Gasteiger partial charge in [0.05, 0.1) is 33.4 Å². The number of aromatic nitrogens is 2. The molecule has 2 aliphatic heterocycles. The molecule has 186 valence electrons. The van der Waals surface area contributed by atoms with Gasteiger partial charge in [-0.25, -0.2) is 0 Å². The first-order chi connectivity index (χ1) is 20.0. The van der Waals surface area contributed by atoms with E-state index in [0.29, 0.717) is 0 Å². The minimum absolute atomic E-state index is 0.116. The summed E-state index contributed by atoms with van der Waals surface area (Å²) in [6.45, 7) is 7.64. The number of hydrogen-bond donors (Lipinski definition) is 0. The Morgan fingerprint density at radius 1 is 0.737 bits per heavy atom. The van der Waals surface area contributed by atoms with Crippen molar-refractivity contribution in [2.75, 3.05) is 0 Å². The van der Waals surface area contributed by atoms with Crippen molar-refractivity contribution >= 4 is 57.2 Å². The fourth-order valence-electron chi connectivity index (χ4n) is 5.66. The van der Waals surface area contributed by atoms with Crippen molar-refractivity contribution in [2.45, 2.75) is 48.7 Å². The standard InChI is InChI=1S/C32H27BN2O2S/c1-31(2)32(3,4)37-33(36-31)20-16-18-21(19-17-20)34-24-12-6-5-10-22(24)28-23-11-9-15-27-29(23)35(30(28)34)25-13-7-8-14-26(25)38-27/h5-19H,1-4H3/i16D,17D,18D,19D. The maximum atomic E-state index is 9.29. The van der Waals surface area contributed by atoms with Crippen molar-refractivity contribution in [3.05, 3.63) is 90.9 Å². The van der Waals surface area contributed by atoms with Crippen LogP contribution in [0.15, 0.2) is 101 Å². The van der Waals surface area contributed by atoms with E-state index in [2.05, 4.69) is 41.0 Å². The lowest BCUT2D eigenvalue weighted by atomic mass is 9.79. The first kappa shape index (κ1) is 18.7. The minimum atomic E-state index is -1.01. The highest BCUT2D eigenvalue weighted by molar-refractivity contribution is 7.99. The van der Waals surface area contributed by atoms with Gasteiger partial charge in [-0.2, -0.15) is 0 Å². The van der Waals surface area contributed by atoms with Crippen molar-refractivity contribution in [3.8, 4) is 11.4 Å². The molecule has 0 unspecified atom stereocenters. The SMILES string of the molecule is [2H]c1c([2H])c(-n2c3ccccc3c3c4cccc5c4n(c32)-c2ccccc2S5)c([2H])c([2H])c1B1OC(C)(C)C(C)(C)O1. The summed E-state index contributed by atoms with van der Waals surface area (Å²) in [4.78, 5) is 2.25. The lowest BCUT2D eigenvalue weighted by molar-refractivity contribution is 0.00578. The summed E-state index contributed by atoms with van der Waals surface area (Å²) in [5, 5.41) is 3.10. The third kappa shape index (κ3) is 2.91. The molecule has 8 rings (SSSR count). The number of rotatable bonds is 2. The Morgan fingerprint density at radius 2 is 1.39 bits per heavy atom. The lowest BCUT2D eigenvalue weighted by Crippen LogP contribution is -2.41. The molecule has 0 amide bonds. The van der Waals surface area contributed by atoms with Gasteiger partial charge in [-0.05, 0) is 69.5 Å². The number of nitrogens with zero attached hydrogens (tertiary/aromatic N) is 2. The molecule has 0 spiro atoms. The second-order valence-corrected chi connectivity index (χ2v) is 12.0. The molecule has 38 heavy (non-hydrogen) atoms. The molecule has 4 heterocycles. The Kier molecular flexibility index (Phi) is 3.73. The molecule has 4 aromatic carbocycles. The van der Waals surface area contributed by atoms with Crippen LogP contribution in [-0.4, -0.2) is 27.5 Å². The summed E-state index contributed by atoms with van der Waals surface area (Å²) in [7, 11) is -1.01. The monoisotopic (exact) mass is 518 g/mol. The van der Waals surface area contributed by atoms with Crippen LogP contribution < -0.4 is 5.46 Å². The van der Waals surface area contributed by atoms with Gasteiger partial charge in [-0.15, -0.1) is 0 Å². The molecule has 0 bridgehead atoms. The van der Waals surface area contributed by atoms with Crippen molar-refractivity contribution in [1.29, 1.82) is 0 Å². The van der Waals surface area contributed by atoms with Gasteiger partial charge >= 0.3 is 7.12 Å². The van der Waals surface area contributed by atoms with Gasteiger partial charge in [-0.1, -0.05) is 66.3 Å². The Morgan fingerprint density at radius 3 is 2.18 bits per heavy atom. The predicted octanol–water partition coefficient (Wildman–Crippen LogP) is 7.49. The zero-order valence-electron chi connectivity index (χ0n) is 25.5. The second-order valence-electron chi connectivity index (χ2n) is 11.0. The molecule has 6 heteroatoms. The van der Waals surface area contributed by atoms with Crippen molar-refractivity contribution in [3.63, 3.8) is 0 Å². The fraction of sp³-hybridized carbons (Fsp3) is 0.188. The van der Waals surface area contributed by atoms with Crippen LogP contribution in [0.2, 0.25) is 0 Å². The van der Waals surface area contributed by atoms with E-state index in [-0.39, 0.29) is 35.3 Å². The molecule has 1 fully saturated rings. The average molecular weight is 518 g/mol. The maximum Gasteiger partial charge on any atom is 0.494 e. The maximum absolute atomic E-state index is 9.29. The smallest absolute Gasteiger partial charge is 0.399 e. The van der Waals surface area contributed by atoms with Crippen LogP contribution in [0.4, 0.5) is 0 Å². The van der Waals surface area contributed by atoms with Gasteiger partial charge < -0.3 is 9.31 Å². The minimum Gasteiger partial charge on any atom is -0.399 e. The van der Waals surface area contributed by atoms with Crippen LogP contribution in [0.5, 0.6) is 0 Å². The Labute approximate surface area is 231 Å². The molecule has 2 aromatic heterocycles. The highest BCUT2D eigenvalue weighted by atomic mass is 32.2. The molecular weight excluding hydrogens is 487 g/mol. The Bertz CT molecular complexity index is 2110. The highest BCUT2D eigenvalue weighted by Gasteiger charge is 2.51. The van der Waals surface area contributed by atoms with Crippen molar-refractivity contribution in [1.82, 2.24) is 9.13 Å². The van der Waals surface area contributed by atoms with E-state index >= 15 is 0 Å². The van der Waals surface area contributed by atoms with Crippen molar-refractivity contribution < 1.29 is 14.8 Å². The van der Waals surface area contributed by atoms with Gasteiger partial charge in [0.2, 0.25) is 0 Å².